The number of thiazole rings is 2. The summed E-state index contributed by atoms with van der Waals surface area (Å²) >= 11 is 2.86. The van der Waals surface area contributed by atoms with Crippen LogP contribution in [0.25, 0.3) is 26.3 Å². The number of hydrogen-bond donors (Lipinski definition) is 0. The quantitative estimate of drug-likeness (QED) is 0.241. The second kappa shape index (κ2) is 8.33. The van der Waals surface area contributed by atoms with Crippen molar-refractivity contribution in [2.24, 2.45) is 0 Å². The number of rotatable bonds is 4. The summed E-state index contributed by atoms with van der Waals surface area (Å²) in [5.41, 5.74) is 2.33. The third-order valence-corrected chi connectivity index (χ3v) is 7.35. The van der Waals surface area contributed by atoms with Gasteiger partial charge >= 0.3 is 0 Å². The van der Waals surface area contributed by atoms with E-state index < -0.39 is 11.8 Å². The molecule has 34 heavy (non-hydrogen) atoms. The molecule has 2 aromatic heterocycles. The van der Waals surface area contributed by atoms with Crippen LogP contribution in [-0.2, 0) is 9.59 Å². The summed E-state index contributed by atoms with van der Waals surface area (Å²) in [6.45, 7) is 0. The molecule has 1 aliphatic heterocycles. The van der Waals surface area contributed by atoms with E-state index in [1.54, 1.807) is 30.3 Å². The number of hydrogen-bond acceptors (Lipinski definition) is 6. The predicted molar refractivity (Wildman–Crippen MR) is 137 cm³/mol. The average molecular weight is 481 g/mol. The van der Waals surface area contributed by atoms with Gasteiger partial charge in [-0.05, 0) is 30.3 Å². The Bertz CT molecular complexity index is 1450. The average Bonchev–Trinajstić information content (AvgIpc) is 3.52. The first-order valence-electron chi connectivity index (χ1n) is 10.5. The summed E-state index contributed by atoms with van der Waals surface area (Å²) in [5.74, 6) is -0.784. The molecule has 0 saturated carbocycles. The fourth-order valence-corrected chi connectivity index (χ4v) is 5.77. The first-order valence-corrected chi connectivity index (χ1v) is 12.2. The molecule has 8 heteroatoms. The minimum absolute atomic E-state index is 0.0670. The van der Waals surface area contributed by atoms with E-state index in [1.165, 1.54) is 32.7 Å². The predicted octanol–water partition coefficient (Wildman–Crippen LogP) is 5.80. The van der Waals surface area contributed by atoms with E-state index in [4.69, 9.17) is 4.98 Å². The first kappa shape index (κ1) is 20.5. The van der Waals surface area contributed by atoms with Gasteiger partial charge in [0.2, 0.25) is 0 Å². The van der Waals surface area contributed by atoms with E-state index in [2.05, 4.69) is 4.98 Å². The minimum Gasteiger partial charge on any atom is -0.267 e. The lowest BCUT2D eigenvalue weighted by Crippen LogP contribution is -2.41. The van der Waals surface area contributed by atoms with E-state index in [1.807, 2.05) is 66.7 Å². The lowest BCUT2D eigenvalue weighted by Gasteiger charge is -2.27. The SMILES string of the molecule is O=C1C(=Cc2nc3sc(-c4ccccc4)nc3s2)C(=O)N(c2ccccc2)N1c1ccccc1. The second-order valence-electron chi connectivity index (χ2n) is 7.51. The van der Waals surface area contributed by atoms with E-state index in [-0.39, 0.29) is 5.57 Å². The molecule has 0 unspecified atom stereocenters. The normalized spacial score (nSPS) is 13.8. The number of hydrazine groups is 1. The van der Waals surface area contributed by atoms with Crippen molar-refractivity contribution in [1.29, 1.82) is 0 Å². The molecule has 6 rings (SSSR count). The Labute approximate surface area is 203 Å². The van der Waals surface area contributed by atoms with Crippen LogP contribution in [0.2, 0.25) is 0 Å². The topological polar surface area (TPSA) is 66.4 Å². The Morgan fingerprint density at radius 3 is 1.65 bits per heavy atom. The van der Waals surface area contributed by atoms with Crippen LogP contribution < -0.4 is 10.0 Å². The van der Waals surface area contributed by atoms with Gasteiger partial charge in [-0.3, -0.25) is 9.59 Å². The summed E-state index contributed by atoms with van der Waals surface area (Å²) in [4.78, 5) is 37.8. The zero-order valence-electron chi connectivity index (χ0n) is 17.7. The number of nitrogens with zero attached hydrogens (tertiary/aromatic N) is 4. The van der Waals surface area contributed by atoms with Gasteiger partial charge in [-0.15, -0.1) is 0 Å². The van der Waals surface area contributed by atoms with Crippen LogP contribution in [0.3, 0.4) is 0 Å². The lowest BCUT2D eigenvalue weighted by atomic mass is 10.2. The van der Waals surface area contributed by atoms with Crippen LogP contribution in [0, 0.1) is 0 Å². The van der Waals surface area contributed by atoms with Gasteiger partial charge in [-0.1, -0.05) is 89.4 Å². The molecular formula is C26H16N4O2S2. The van der Waals surface area contributed by atoms with Crippen molar-refractivity contribution in [3.63, 3.8) is 0 Å². The molecule has 1 fully saturated rings. The third-order valence-electron chi connectivity index (χ3n) is 5.33. The fraction of sp³-hybridized carbons (Fsp3) is 0. The van der Waals surface area contributed by atoms with Crippen molar-refractivity contribution >= 4 is 61.6 Å². The van der Waals surface area contributed by atoms with E-state index in [0.717, 1.165) is 20.2 Å². The number of aromatic nitrogens is 2. The number of para-hydroxylation sites is 2. The molecule has 2 amide bonds. The van der Waals surface area contributed by atoms with Crippen molar-refractivity contribution in [2.45, 2.75) is 0 Å². The molecule has 0 N–H and O–H groups in total. The molecule has 0 radical (unpaired) electrons. The molecule has 1 aliphatic rings. The van der Waals surface area contributed by atoms with E-state index in [0.29, 0.717) is 16.4 Å². The first-order chi connectivity index (χ1) is 16.7. The molecule has 0 bridgehead atoms. The van der Waals surface area contributed by atoms with Crippen LogP contribution >= 0.6 is 22.7 Å². The standard InChI is InChI=1S/C26H16N4O2S2/c31-25-20(16-21-27-23-24(33-21)28-22(34-23)17-10-4-1-5-11-17)26(32)30(19-14-8-3-9-15-19)29(25)18-12-6-2-7-13-18/h1-16H. The summed E-state index contributed by atoms with van der Waals surface area (Å²) in [6, 6.07) is 28.2. The Kier molecular flexibility index (Phi) is 5.01. The van der Waals surface area contributed by atoms with Gasteiger partial charge < -0.3 is 0 Å². The number of carbonyl (C=O) groups excluding carboxylic acids is 2. The summed E-state index contributed by atoms with van der Waals surface area (Å²) in [5, 5.41) is 4.29. The van der Waals surface area contributed by atoms with Gasteiger partial charge in [0.25, 0.3) is 11.8 Å². The second-order valence-corrected chi connectivity index (χ2v) is 9.50. The van der Waals surface area contributed by atoms with Gasteiger partial charge in [0.15, 0.2) is 9.66 Å². The Morgan fingerprint density at radius 2 is 1.12 bits per heavy atom. The maximum absolute atomic E-state index is 13.5. The molecule has 1 saturated heterocycles. The Balaban J connectivity index is 1.40. The Morgan fingerprint density at radius 1 is 0.618 bits per heavy atom. The van der Waals surface area contributed by atoms with Crippen molar-refractivity contribution in [1.82, 2.24) is 9.97 Å². The van der Waals surface area contributed by atoms with Crippen molar-refractivity contribution in [3.8, 4) is 10.6 Å². The number of carbonyl (C=O) groups is 2. The molecule has 0 atom stereocenters. The van der Waals surface area contributed by atoms with E-state index >= 15 is 0 Å². The largest absolute Gasteiger partial charge is 0.283 e. The zero-order chi connectivity index (χ0) is 23.1. The number of anilines is 2. The maximum atomic E-state index is 13.5. The van der Waals surface area contributed by atoms with Gasteiger partial charge in [-0.2, -0.15) is 0 Å². The molecule has 3 aromatic carbocycles. The molecule has 0 spiro atoms. The molecule has 0 aliphatic carbocycles. The maximum Gasteiger partial charge on any atom is 0.283 e. The molecule has 164 valence electrons. The third kappa shape index (κ3) is 3.49. The van der Waals surface area contributed by atoms with E-state index in [9.17, 15) is 9.59 Å². The van der Waals surface area contributed by atoms with Crippen LogP contribution in [0.4, 0.5) is 11.4 Å². The number of benzene rings is 3. The Hall–Kier alpha value is -4.14. The smallest absolute Gasteiger partial charge is 0.267 e. The summed E-state index contributed by atoms with van der Waals surface area (Å²) in [7, 11) is 0. The van der Waals surface area contributed by atoms with Crippen molar-refractivity contribution < 1.29 is 9.59 Å². The molecule has 3 heterocycles. The highest BCUT2D eigenvalue weighted by atomic mass is 32.1. The van der Waals surface area contributed by atoms with Gasteiger partial charge in [0, 0.05) is 5.56 Å². The lowest BCUT2D eigenvalue weighted by molar-refractivity contribution is -0.116. The highest BCUT2D eigenvalue weighted by molar-refractivity contribution is 7.28. The monoisotopic (exact) mass is 480 g/mol. The fourth-order valence-electron chi connectivity index (χ4n) is 3.78. The van der Waals surface area contributed by atoms with Crippen LogP contribution in [-0.4, -0.2) is 21.8 Å². The minimum atomic E-state index is -0.392. The van der Waals surface area contributed by atoms with Crippen LogP contribution in [0.15, 0.2) is 96.6 Å². The summed E-state index contributed by atoms with van der Waals surface area (Å²) in [6.07, 6.45) is 1.57. The molecular weight excluding hydrogens is 464 g/mol. The molecule has 6 nitrogen and oxygen atoms in total. The highest BCUT2D eigenvalue weighted by Crippen LogP contribution is 2.36. The zero-order valence-corrected chi connectivity index (χ0v) is 19.3. The van der Waals surface area contributed by atoms with Crippen molar-refractivity contribution in [3.05, 3.63) is 102 Å². The van der Waals surface area contributed by atoms with Gasteiger partial charge in [-0.25, -0.2) is 20.0 Å². The van der Waals surface area contributed by atoms with Gasteiger partial charge in [0.05, 0.1) is 11.4 Å². The van der Waals surface area contributed by atoms with Crippen LogP contribution in [0.5, 0.6) is 0 Å². The van der Waals surface area contributed by atoms with Crippen molar-refractivity contribution in [2.75, 3.05) is 10.0 Å². The van der Waals surface area contributed by atoms with Crippen LogP contribution in [0.1, 0.15) is 5.01 Å². The highest BCUT2D eigenvalue weighted by Gasteiger charge is 2.43. The number of amides is 2. The number of fused-ring (bicyclic) bond motifs is 1. The molecule has 5 aromatic rings. The summed E-state index contributed by atoms with van der Waals surface area (Å²) < 4.78 is 0. The van der Waals surface area contributed by atoms with Gasteiger partial charge in [0.1, 0.15) is 15.6 Å².